The highest BCUT2D eigenvalue weighted by atomic mass is 16.2. The van der Waals surface area contributed by atoms with Crippen molar-refractivity contribution in [3.63, 3.8) is 0 Å². The summed E-state index contributed by atoms with van der Waals surface area (Å²) in [4.78, 5) is 14.4. The van der Waals surface area contributed by atoms with E-state index >= 15 is 0 Å². The van der Waals surface area contributed by atoms with Crippen LogP contribution in [0.5, 0.6) is 0 Å². The van der Waals surface area contributed by atoms with Crippen molar-refractivity contribution in [2.75, 3.05) is 30.7 Å². The molecule has 2 rings (SSSR count). The summed E-state index contributed by atoms with van der Waals surface area (Å²) in [5, 5.41) is 2.94. The average molecular weight is 289 g/mol. The van der Waals surface area contributed by atoms with Gasteiger partial charge >= 0.3 is 0 Å². The van der Waals surface area contributed by atoms with Crippen molar-refractivity contribution in [2.24, 2.45) is 5.92 Å². The predicted molar refractivity (Wildman–Crippen MR) is 88.3 cm³/mol. The monoisotopic (exact) mass is 289 g/mol. The molecule has 0 spiro atoms. The van der Waals surface area contributed by atoms with Crippen molar-refractivity contribution in [1.29, 1.82) is 0 Å². The normalized spacial score (nSPS) is 20.0. The number of nitrogens with two attached hydrogens (primary N) is 1. The lowest BCUT2D eigenvalue weighted by Crippen LogP contribution is -2.34. The molecule has 1 heterocycles. The van der Waals surface area contributed by atoms with E-state index in [1.54, 1.807) is 0 Å². The van der Waals surface area contributed by atoms with Gasteiger partial charge in [-0.25, -0.2) is 0 Å². The first kappa shape index (κ1) is 15.8. The SMILES string of the molecule is CCC1CCCN(CC(=O)Nc2ccc(C)c(N)c2)CC1. The fourth-order valence-electron chi connectivity index (χ4n) is 2.91. The Labute approximate surface area is 127 Å². The minimum atomic E-state index is 0.0493. The van der Waals surface area contributed by atoms with Crippen LogP contribution < -0.4 is 11.1 Å². The maximum absolute atomic E-state index is 12.1. The lowest BCUT2D eigenvalue weighted by Gasteiger charge is -2.19. The van der Waals surface area contributed by atoms with Crippen LogP contribution in [-0.2, 0) is 4.79 Å². The maximum atomic E-state index is 12.1. The van der Waals surface area contributed by atoms with E-state index in [0.717, 1.165) is 30.3 Å². The van der Waals surface area contributed by atoms with Crippen molar-refractivity contribution < 1.29 is 4.79 Å². The summed E-state index contributed by atoms with van der Waals surface area (Å²) in [5.74, 6) is 0.878. The van der Waals surface area contributed by atoms with E-state index in [2.05, 4.69) is 17.1 Å². The molecule has 1 fully saturated rings. The molecule has 3 N–H and O–H groups in total. The molecule has 1 amide bonds. The summed E-state index contributed by atoms with van der Waals surface area (Å²) < 4.78 is 0. The van der Waals surface area contributed by atoms with Crippen LogP contribution in [-0.4, -0.2) is 30.4 Å². The Hall–Kier alpha value is -1.55. The van der Waals surface area contributed by atoms with Crippen molar-refractivity contribution in [3.05, 3.63) is 23.8 Å². The molecule has 21 heavy (non-hydrogen) atoms. The Morgan fingerprint density at radius 3 is 2.90 bits per heavy atom. The van der Waals surface area contributed by atoms with Crippen LogP contribution in [0.15, 0.2) is 18.2 Å². The summed E-state index contributed by atoms with van der Waals surface area (Å²) in [7, 11) is 0. The van der Waals surface area contributed by atoms with E-state index in [1.807, 2.05) is 25.1 Å². The van der Waals surface area contributed by atoms with Gasteiger partial charge in [0.2, 0.25) is 5.91 Å². The first-order chi connectivity index (χ1) is 10.1. The molecule has 1 aliphatic rings. The minimum Gasteiger partial charge on any atom is -0.398 e. The first-order valence-corrected chi connectivity index (χ1v) is 7.96. The lowest BCUT2D eigenvalue weighted by molar-refractivity contribution is -0.117. The van der Waals surface area contributed by atoms with Gasteiger partial charge in [0.25, 0.3) is 0 Å². The molecular weight excluding hydrogens is 262 g/mol. The number of nitrogens with one attached hydrogen (secondary N) is 1. The fraction of sp³-hybridized carbons (Fsp3) is 0.588. The van der Waals surface area contributed by atoms with Crippen LogP contribution in [0.25, 0.3) is 0 Å². The zero-order chi connectivity index (χ0) is 15.2. The predicted octanol–water partition coefficient (Wildman–Crippen LogP) is 3.03. The Bertz CT molecular complexity index is 487. The topological polar surface area (TPSA) is 58.4 Å². The Morgan fingerprint density at radius 1 is 1.38 bits per heavy atom. The van der Waals surface area contributed by atoms with Gasteiger partial charge in [0.1, 0.15) is 0 Å². The van der Waals surface area contributed by atoms with Crippen LogP contribution >= 0.6 is 0 Å². The number of likely N-dealkylation sites (tertiary alicyclic amines) is 1. The summed E-state index contributed by atoms with van der Waals surface area (Å²) in [5.41, 5.74) is 8.40. The number of carbonyl (C=O) groups is 1. The molecule has 1 aliphatic heterocycles. The van der Waals surface area contributed by atoms with Gasteiger partial charge in [-0.15, -0.1) is 0 Å². The molecule has 1 atom stereocenters. The van der Waals surface area contributed by atoms with Crippen LogP contribution in [0.1, 0.15) is 38.2 Å². The first-order valence-electron chi connectivity index (χ1n) is 7.96. The van der Waals surface area contributed by atoms with Gasteiger partial charge in [0.05, 0.1) is 6.54 Å². The van der Waals surface area contributed by atoms with E-state index in [4.69, 9.17) is 5.73 Å². The summed E-state index contributed by atoms with van der Waals surface area (Å²) in [6, 6.07) is 5.66. The molecule has 0 bridgehead atoms. The second kappa shape index (κ2) is 7.46. The van der Waals surface area contributed by atoms with Crippen LogP contribution in [0.4, 0.5) is 11.4 Å². The van der Waals surface area contributed by atoms with Gasteiger partial charge in [-0.1, -0.05) is 19.4 Å². The number of amides is 1. The van der Waals surface area contributed by atoms with E-state index < -0.39 is 0 Å². The summed E-state index contributed by atoms with van der Waals surface area (Å²) >= 11 is 0. The lowest BCUT2D eigenvalue weighted by atomic mass is 9.98. The molecule has 116 valence electrons. The smallest absolute Gasteiger partial charge is 0.238 e. The Balaban J connectivity index is 1.85. The quantitative estimate of drug-likeness (QED) is 0.838. The zero-order valence-electron chi connectivity index (χ0n) is 13.2. The molecule has 1 saturated heterocycles. The number of hydrogen-bond donors (Lipinski definition) is 2. The molecule has 4 heteroatoms. The molecule has 4 nitrogen and oxygen atoms in total. The molecule has 0 radical (unpaired) electrons. The number of carbonyl (C=O) groups excluding carboxylic acids is 1. The molecule has 0 aromatic heterocycles. The summed E-state index contributed by atoms with van der Waals surface area (Å²) in [6.07, 6.45) is 4.95. The standard InChI is InChI=1S/C17H27N3O/c1-3-14-5-4-9-20(10-8-14)12-17(21)19-15-7-6-13(2)16(18)11-15/h6-7,11,14H,3-5,8-10,12,18H2,1-2H3,(H,19,21). The van der Waals surface area contributed by atoms with Gasteiger partial charge in [-0.3, -0.25) is 9.69 Å². The molecule has 1 unspecified atom stereocenters. The maximum Gasteiger partial charge on any atom is 0.238 e. The largest absolute Gasteiger partial charge is 0.398 e. The molecule has 0 saturated carbocycles. The number of rotatable bonds is 4. The van der Waals surface area contributed by atoms with Crippen LogP contribution in [0.3, 0.4) is 0 Å². The van der Waals surface area contributed by atoms with Gasteiger partial charge in [-0.05, 0) is 62.9 Å². The number of hydrogen-bond acceptors (Lipinski definition) is 3. The van der Waals surface area contributed by atoms with Crippen LogP contribution in [0, 0.1) is 12.8 Å². The fourth-order valence-corrected chi connectivity index (χ4v) is 2.91. The van der Waals surface area contributed by atoms with E-state index in [0.29, 0.717) is 12.2 Å². The van der Waals surface area contributed by atoms with E-state index in [9.17, 15) is 4.79 Å². The van der Waals surface area contributed by atoms with E-state index in [-0.39, 0.29) is 5.91 Å². The van der Waals surface area contributed by atoms with Crippen molar-refractivity contribution in [3.8, 4) is 0 Å². The Kier molecular flexibility index (Phi) is 5.62. The second-order valence-electron chi connectivity index (χ2n) is 6.10. The summed E-state index contributed by atoms with van der Waals surface area (Å²) in [6.45, 7) is 6.75. The molecule has 1 aromatic carbocycles. The number of anilines is 2. The molecule has 0 aliphatic carbocycles. The van der Waals surface area contributed by atoms with Gasteiger partial charge in [0.15, 0.2) is 0 Å². The van der Waals surface area contributed by atoms with Crippen molar-refractivity contribution >= 4 is 17.3 Å². The average Bonchev–Trinajstić information content (AvgIpc) is 2.68. The highest BCUT2D eigenvalue weighted by Gasteiger charge is 2.17. The number of nitrogens with zero attached hydrogens (tertiary/aromatic N) is 1. The molecule has 1 aromatic rings. The van der Waals surface area contributed by atoms with Crippen molar-refractivity contribution in [2.45, 2.75) is 39.5 Å². The highest BCUT2D eigenvalue weighted by Crippen LogP contribution is 2.20. The number of aryl methyl sites for hydroxylation is 1. The second-order valence-corrected chi connectivity index (χ2v) is 6.10. The Morgan fingerprint density at radius 2 is 2.19 bits per heavy atom. The van der Waals surface area contributed by atoms with Gasteiger partial charge in [-0.2, -0.15) is 0 Å². The highest BCUT2D eigenvalue weighted by molar-refractivity contribution is 5.92. The minimum absolute atomic E-state index is 0.0493. The third-order valence-corrected chi connectivity index (χ3v) is 4.45. The zero-order valence-corrected chi connectivity index (χ0v) is 13.2. The van der Waals surface area contributed by atoms with E-state index in [1.165, 1.54) is 25.7 Å². The molecular formula is C17H27N3O. The number of nitrogen functional groups attached to an aromatic ring is 1. The van der Waals surface area contributed by atoms with Gasteiger partial charge in [0, 0.05) is 11.4 Å². The van der Waals surface area contributed by atoms with Gasteiger partial charge < -0.3 is 11.1 Å². The third-order valence-electron chi connectivity index (χ3n) is 4.45. The number of benzene rings is 1. The van der Waals surface area contributed by atoms with Crippen molar-refractivity contribution in [1.82, 2.24) is 4.90 Å². The third kappa shape index (κ3) is 4.74. The van der Waals surface area contributed by atoms with Crippen LogP contribution in [0.2, 0.25) is 0 Å².